The lowest BCUT2D eigenvalue weighted by molar-refractivity contribution is -0.132. The Morgan fingerprint density at radius 1 is 1.83 bits per heavy atom. The topological polar surface area (TPSA) is 50.2 Å². The average molecular weight is 183 g/mol. The molecule has 0 aromatic carbocycles. The van der Waals surface area contributed by atoms with E-state index in [0.717, 1.165) is 4.88 Å². The molecule has 0 unspecified atom stereocenters. The lowest BCUT2D eigenvalue weighted by Crippen LogP contribution is -1.97. The molecule has 0 aliphatic heterocycles. The molecule has 0 amide bonds. The van der Waals surface area contributed by atoms with Gasteiger partial charge < -0.3 is 5.11 Å². The minimum Gasteiger partial charge on any atom is -0.478 e. The number of aliphatic carboxylic acids is 1. The zero-order valence-electron chi connectivity index (χ0n) is 6.65. The van der Waals surface area contributed by atoms with Crippen molar-refractivity contribution < 1.29 is 9.90 Å². The van der Waals surface area contributed by atoms with Gasteiger partial charge in [-0.3, -0.25) is 0 Å². The summed E-state index contributed by atoms with van der Waals surface area (Å²) in [6.45, 7) is 1.82. The Labute approximate surface area is 74.5 Å². The van der Waals surface area contributed by atoms with Gasteiger partial charge >= 0.3 is 5.97 Å². The van der Waals surface area contributed by atoms with E-state index in [2.05, 4.69) is 4.37 Å². The summed E-state index contributed by atoms with van der Waals surface area (Å²) in [4.78, 5) is 11.5. The van der Waals surface area contributed by atoms with Crippen LogP contribution in [0.4, 0.5) is 0 Å². The summed E-state index contributed by atoms with van der Waals surface area (Å²) in [6, 6.07) is 1.79. The van der Waals surface area contributed by atoms with Crippen molar-refractivity contribution in [3.63, 3.8) is 0 Å². The van der Waals surface area contributed by atoms with E-state index in [9.17, 15) is 4.79 Å². The molecule has 1 heterocycles. The second-order valence-corrected chi connectivity index (χ2v) is 3.11. The number of carboxylic acids is 1. The summed E-state index contributed by atoms with van der Waals surface area (Å²) in [6.07, 6.45) is 3.85. The van der Waals surface area contributed by atoms with Crippen molar-refractivity contribution in [3.05, 3.63) is 22.7 Å². The smallest absolute Gasteiger partial charge is 0.331 e. The Morgan fingerprint density at radius 3 is 3.00 bits per heavy atom. The first-order valence-electron chi connectivity index (χ1n) is 3.58. The number of nitrogens with zero attached hydrogens (tertiary/aromatic N) is 1. The molecule has 0 bridgehead atoms. The van der Waals surface area contributed by atoms with Crippen LogP contribution in [0, 0.1) is 0 Å². The molecule has 0 radical (unpaired) electrons. The Kier molecular flexibility index (Phi) is 2.99. The zero-order valence-corrected chi connectivity index (χ0v) is 7.47. The van der Waals surface area contributed by atoms with Crippen LogP contribution >= 0.6 is 11.5 Å². The van der Waals surface area contributed by atoms with Gasteiger partial charge in [-0.05, 0) is 30.1 Å². The summed E-state index contributed by atoms with van der Waals surface area (Å²) in [5.41, 5.74) is 0.416. The molecule has 0 saturated carbocycles. The molecule has 0 atom stereocenters. The average Bonchev–Trinajstić information content (AvgIpc) is 2.51. The molecule has 1 rings (SSSR count). The first-order valence-corrected chi connectivity index (χ1v) is 4.36. The number of rotatable bonds is 3. The van der Waals surface area contributed by atoms with Gasteiger partial charge in [0.2, 0.25) is 0 Å². The monoisotopic (exact) mass is 183 g/mol. The number of carboxylic acid groups (broad SMARTS) is 1. The van der Waals surface area contributed by atoms with Crippen LogP contribution in [-0.4, -0.2) is 15.4 Å². The molecule has 0 fully saturated rings. The minimum atomic E-state index is -0.856. The van der Waals surface area contributed by atoms with E-state index in [1.807, 2.05) is 6.92 Å². The van der Waals surface area contributed by atoms with Crippen LogP contribution in [0.5, 0.6) is 0 Å². The standard InChI is InChI=1S/C8H9NO2S/c1-2-6(8(10)11)5-7-3-4-9-12-7/h3-5H,2H2,1H3,(H,10,11)/b6-5+. The molecule has 0 saturated heterocycles. The van der Waals surface area contributed by atoms with E-state index in [1.54, 1.807) is 18.3 Å². The van der Waals surface area contributed by atoms with Gasteiger partial charge in [-0.1, -0.05) is 6.92 Å². The first kappa shape index (κ1) is 8.93. The maximum absolute atomic E-state index is 10.6. The van der Waals surface area contributed by atoms with Crippen LogP contribution in [0.15, 0.2) is 17.8 Å². The third-order valence-corrected chi connectivity index (χ3v) is 2.12. The number of aromatic nitrogens is 1. The van der Waals surface area contributed by atoms with E-state index in [0.29, 0.717) is 12.0 Å². The quantitative estimate of drug-likeness (QED) is 0.729. The minimum absolute atomic E-state index is 0.416. The van der Waals surface area contributed by atoms with Gasteiger partial charge in [-0.15, -0.1) is 0 Å². The second kappa shape index (κ2) is 4.01. The van der Waals surface area contributed by atoms with Gasteiger partial charge in [0.1, 0.15) is 0 Å². The van der Waals surface area contributed by atoms with E-state index >= 15 is 0 Å². The summed E-state index contributed by atoms with van der Waals surface area (Å²) in [5.74, 6) is -0.856. The highest BCUT2D eigenvalue weighted by atomic mass is 32.1. The Bertz CT molecular complexity index is 290. The van der Waals surface area contributed by atoms with Gasteiger partial charge in [0.15, 0.2) is 0 Å². The SMILES string of the molecule is CC/C(=C\c1ccns1)C(=O)O. The second-order valence-electron chi connectivity index (χ2n) is 2.24. The van der Waals surface area contributed by atoms with Crippen LogP contribution in [0.25, 0.3) is 6.08 Å². The van der Waals surface area contributed by atoms with E-state index in [-0.39, 0.29) is 0 Å². The maximum Gasteiger partial charge on any atom is 0.331 e. The van der Waals surface area contributed by atoms with Gasteiger partial charge in [0.05, 0.1) is 0 Å². The van der Waals surface area contributed by atoms with Crippen LogP contribution in [0.2, 0.25) is 0 Å². The number of carbonyl (C=O) groups is 1. The van der Waals surface area contributed by atoms with E-state index in [4.69, 9.17) is 5.11 Å². The normalized spacial score (nSPS) is 11.6. The lowest BCUT2D eigenvalue weighted by Gasteiger charge is -1.94. The Balaban J connectivity index is 2.85. The Hall–Kier alpha value is -1.16. The third-order valence-electron chi connectivity index (χ3n) is 1.43. The molecule has 64 valence electrons. The molecular weight excluding hydrogens is 174 g/mol. The van der Waals surface area contributed by atoms with Crippen molar-refractivity contribution in [2.45, 2.75) is 13.3 Å². The fourth-order valence-electron chi connectivity index (χ4n) is 0.787. The van der Waals surface area contributed by atoms with Crippen LogP contribution < -0.4 is 0 Å². The first-order chi connectivity index (χ1) is 5.74. The molecule has 12 heavy (non-hydrogen) atoms. The van der Waals surface area contributed by atoms with Crippen molar-refractivity contribution in [2.24, 2.45) is 0 Å². The fourth-order valence-corrected chi connectivity index (χ4v) is 1.35. The van der Waals surface area contributed by atoms with Crippen molar-refractivity contribution in [2.75, 3.05) is 0 Å². The number of hydrogen-bond acceptors (Lipinski definition) is 3. The van der Waals surface area contributed by atoms with Gasteiger partial charge in [0, 0.05) is 16.6 Å². The summed E-state index contributed by atoms with van der Waals surface area (Å²) in [5, 5.41) is 8.69. The summed E-state index contributed by atoms with van der Waals surface area (Å²) < 4.78 is 3.87. The fraction of sp³-hybridized carbons (Fsp3) is 0.250. The molecule has 0 aliphatic carbocycles. The third kappa shape index (κ3) is 2.17. The zero-order chi connectivity index (χ0) is 8.97. The summed E-state index contributed by atoms with van der Waals surface area (Å²) >= 11 is 1.29. The van der Waals surface area contributed by atoms with Crippen LogP contribution in [0.1, 0.15) is 18.2 Å². The van der Waals surface area contributed by atoms with Crippen molar-refractivity contribution in [3.8, 4) is 0 Å². The number of hydrogen-bond donors (Lipinski definition) is 1. The molecule has 1 aromatic rings. The molecule has 0 aliphatic rings. The van der Waals surface area contributed by atoms with Crippen molar-refractivity contribution >= 4 is 23.6 Å². The van der Waals surface area contributed by atoms with Gasteiger partial charge in [-0.2, -0.15) is 0 Å². The van der Waals surface area contributed by atoms with Crippen LogP contribution in [0.3, 0.4) is 0 Å². The van der Waals surface area contributed by atoms with E-state index < -0.39 is 5.97 Å². The molecular formula is C8H9NO2S. The van der Waals surface area contributed by atoms with Crippen molar-refractivity contribution in [1.29, 1.82) is 0 Å². The Morgan fingerprint density at radius 2 is 2.58 bits per heavy atom. The van der Waals surface area contributed by atoms with Crippen LogP contribution in [-0.2, 0) is 4.79 Å². The largest absolute Gasteiger partial charge is 0.478 e. The van der Waals surface area contributed by atoms with E-state index in [1.165, 1.54) is 11.5 Å². The highest BCUT2D eigenvalue weighted by molar-refractivity contribution is 7.06. The predicted molar refractivity (Wildman–Crippen MR) is 48.0 cm³/mol. The lowest BCUT2D eigenvalue weighted by atomic mass is 10.2. The molecule has 4 heteroatoms. The van der Waals surface area contributed by atoms with Crippen molar-refractivity contribution in [1.82, 2.24) is 4.37 Å². The summed E-state index contributed by atoms with van der Waals surface area (Å²) in [7, 11) is 0. The maximum atomic E-state index is 10.6. The highest BCUT2D eigenvalue weighted by Crippen LogP contribution is 2.12. The highest BCUT2D eigenvalue weighted by Gasteiger charge is 2.03. The molecule has 1 aromatic heterocycles. The molecule has 3 nitrogen and oxygen atoms in total. The molecule has 0 spiro atoms. The molecule has 1 N–H and O–H groups in total. The predicted octanol–water partition coefficient (Wildman–Crippen LogP) is 2.02. The van der Waals surface area contributed by atoms with Gasteiger partial charge in [-0.25, -0.2) is 9.17 Å². The van der Waals surface area contributed by atoms with Gasteiger partial charge in [0.25, 0.3) is 0 Å².